The molecule has 108 valence electrons. The minimum atomic E-state index is -0.419. The van der Waals surface area contributed by atoms with Gasteiger partial charge in [0.15, 0.2) is 5.82 Å². The highest BCUT2D eigenvalue weighted by molar-refractivity contribution is 5.45. The molecular weight excluding hydrogens is 240 g/mol. The molecule has 0 unspecified atom stereocenters. The summed E-state index contributed by atoms with van der Waals surface area (Å²) in [4.78, 5) is 9.26. The van der Waals surface area contributed by atoms with E-state index in [0.29, 0.717) is 12.4 Å². The van der Waals surface area contributed by atoms with Gasteiger partial charge in [-0.15, -0.1) is 0 Å². The fraction of sp³-hybridized carbons (Fsp3) is 0.714. The quantitative estimate of drug-likeness (QED) is 0.586. The van der Waals surface area contributed by atoms with Gasteiger partial charge in [0.05, 0.1) is 0 Å². The van der Waals surface area contributed by atoms with E-state index in [1.54, 1.807) is 0 Å². The van der Waals surface area contributed by atoms with Crippen LogP contribution in [-0.2, 0) is 16.8 Å². The number of nitrogens with one attached hydrogen (secondary N) is 1. The van der Waals surface area contributed by atoms with Crippen molar-refractivity contribution in [3.63, 3.8) is 0 Å². The van der Waals surface area contributed by atoms with Crippen LogP contribution in [0.15, 0.2) is 0 Å². The lowest BCUT2D eigenvalue weighted by Crippen LogP contribution is -2.32. The predicted molar refractivity (Wildman–Crippen MR) is 77.8 cm³/mol. The molecule has 5 heteroatoms. The summed E-state index contributed by atoms with van der Waals surface area (Å²) in [6.07, 6.45) is 2.53. The number of hydrogen-bond acceptors (Lipinski definition) is 5. The Balaban J connectivity index is 3.38. The first-order valence-electron chi connectivity index (χ1n) is 7.06. The smallest absolute Gasteiger partial charge is 0.162 e. The van der Waals surface area contributed by atoms with E-state index >= 15 is 0 Å². The van der Waals surface area contributed by atoms with E-state index in [9.17, 15) is 0 Å². The zero-order valence-electron chi connectivity index (χ0n) is 12.7. The standard InChI is InChI=1S/C14H26N4O/c1-6-11-10(5)12(18-15)17-13(16-11)14(7-2,8-3)19-9-4/h6-9,15H2,1-5H3,(H,16,17,18). The van der Waals surface area contributed by atoms with E-state index in [1.165, 1.54) is 0 Å². The van der Waals surface area contributed by atoms with Crippen LogP contribution in [0.2, 0.25) is 0 Å². The summed E-state index contributed by atoms with van der Waals surface area (Å²) in [5.74, 6) is 6.98. The zero-order valence-corrected chi connectivity index (χ0v) is 12.7. The highest BCUT2D eigenvalue weighted by Crippen LogP contribution is 2.32. The lowest BCUT2D eigenvalue weighted by molar-refractivity contribution is -0.0572. The summed E-state index contributed by atoms with van der Waals surface area (Å²) < 4.78 is 5.96. The van der Waals surface area contributed by atoms with Crippen molar-refractivity contribution in [2.24, 2.45) is 5.84 Å². The van der Waals surface area contributed by atoms with Crippen molar-refractivity contribution >= 4 is 5.82 Å². The Morgan fingerprint density at radius 2 is 1.79 bits per heavy atom. The zero-order chi connectivity index (χ0) is 14.5. The van der Waals surface area contributed by atoms with Crippen molar-refractivity contribution in [2.75, 3.05) is 12.0 Å². The number of rotatable bonds is 7. The second kappa shape index (κ2) is 6.82. The number of hydrogen-bond donors (Lipinski definition) is 2. The van der Waals surface area contributed by atoms with Gasteiger partial charge in [0.1, 0.15) is 11.4 Å². The molecule has 19 heavy (non-hydrogen) atoms. The van der Waals surface area contributed by atoms with E-state index in [0.717, 1.165) is 36.3 Å². The van der Waals surface area contributed by atoms with E-state index < -0.39 is 5.60 Å². The van der Waals surface area contributed by atoms with Crippen molar-refractivity contribution in [2.45, 2.75) is 59.5 Å². The van der Waals surface area contributed by atoms with E-state index in [2.05, 4.69) is 31.2 Å². The number of nitrogens with two attached hydrogens (primary N) is 1. The van der Waals surface area contributed by atoms with Crippen molar-refractivity contribution in [3.8, 4) is 0 Å². The first kappa shape index (κ1) is 15.9. The van der Waals surface area contributed by atoms with Gasteiger partial charge in [0, 0.05) is 17.9 Å². The third-order valence-corrected chi connectivity index (χ3v) is 3.69. The molecule has 0 bridgehead atoms. The van der Waals surface area contributed by atoms with Gasteiger partial charge in [-0.1, -0.05) is 20.8 Å². The SMILES string of the molecule is CCOC(CC)(CC)c1nc(CC)c(C)c(NN)n1. The molecule has 0 saturated heterocycles. The Hall–Kier alpha value is -1.20. The molecule has 1 heterocycles. The van der Waals surface area contributed by atoms with Crippen molar-refractivity contribution in [1.82, 2.24) is 9.97 Å². The number of ether oxygens (including phenoxy) is 1. The highest BCUT2D eigenvalue weighted by Gasteiger charge is 2.33. The molecule has 0 aliphatic rings. The van der Waals surface area contributed by atoms with E-state index in [1.807, 2.05) is 13.8 Å². The average Bonchev–Trinajstić information content (AvgIpc) is 2.45. The molecule has 1 aromatic rings. The fourth-order valence-corrected chi connectivity index (χ4v) is 2.36. The monoisotopic (exact) mass is 266 g/mol. The Morgan fingerprint density at radius 3 is 2.21 bits per heavy atom. The number of nitrogens with zero attached hydrogens (tertiary/aromatic N) is 2. The summed E-state index contributed by atoms with van der Waals surface area (Å²) in [6.45, 7) is 10.9. The molecule has 0 saturated carbocycles. The number of nitrogen functional groups attached to an aromatic ring is 1. The minimum Gasteiger partial charge on any atom is -0.367 e. The van der Waals surface area contributed by atoms with Gasteiger partial charge < -0.3 is 10.2 Å². The topological polar surface area (TPSA) is 73.1 Å². The third-order valence-electron chi connectivity index (χ3n) is 3.69. The van der Waals surface area contributed by atoms with E-state index in [4.69, 9.17) is 15.6 Å². The van der Waals surface area contributed by atoms with Crippen LogP contribution in [0.3, 0.4) is 0 Å². The first-order valence-corrected chi connectivity index (χ1v) is 7.06. The minimum absolute atomic E-state index is 0.419. The van der Waals surface area contributed by atoms with Crippen LogP contribution in [-0.4, -0.2) is 16.6 Å². The fourth-order valence-electron chi connectivity index (χ4n) is 2.36. The van der Waals surface area contributed by atoms with Crippen LogP contribution >= 0.6 is 0 Å². The molecule has 5 nitrogen and oxygen atoms in total. The molecule has 0 amide bonds. The van der Waals surface area contributed by atoms with Crippen LogP contribution in [0.5, 0.6) is 0 Å². The molecule has 0 aliphatic heterocycles. The molecule has 3 N–H and O–H groups in total. The Bertz CT molecular complexity index is 391. The number of hydrazine groups is 1. The summed E-state index contributed by atoms with van der Waals surface area (Å²) in [6, 6.07) is 0. The highest BCUT2D eigenvalue weighted by atomic mass is 16.5. The van der Waals surface area contributed by atoms with Crippen molar-refractivity contribution < 1.29 is 4.74 Å². The molecular formula is C14H26N4O. The van der Waals surface area contributed by atoms with Gasteiger partial charge in [0.2, 0.25) is 0 Å². The number of anilines is 1. The molecule has 0 fully saturated rings. The second-order valence-electron chi connectivity index (χ2n) is 4.60. The van der Waals surface area contributed by atoms with Gasteiger partial charge in [-0.3, -0.25) is 0 Å². The molecule has 0 radical (unpaired) electrons. The third kappa shape index (κ3) is 3.04. The van der Waals surface area contributed by atoms with Crippen LogP contribution in [0.4, 0.5) is 5.82 Å². The predicted octanol–water partition coefficient (Wildman–Crippen LogP) is 2.68. The lowest BCUT2D eigenvalue weighted by atomic mass is 9.95. The second-order valence-corrected chi connectivity index (χ2v) is 4.60. The van der Waals surface area contributed by atoms with Crippen LogP contribution in [0, 0.1) is 6.92 Å². The maximum absolute atomic E-state index is 5.96. The summed E-state index contributed by atoms with van der Waals surface area (Å²) in [7, 11) is 0. The Kier molecular flexibility index (Phi) is 5.69. The summed E-state index contributed by atoms with van der Waals surface area (Å²) >= 11 is 0. The molecule has 0 atom stereocenters. The Labute approximate surface area is 115 Å². The maximum atomic E-state index is 5.96. The molecule has 1 aromatic heterocycles. The average molecular weight is 266 g/mol. The lowest BCUT2D eigenvalue weighted by Gasteiger charge is -2.30. The molecule has 0 spiro atoms. The number of aromatic nitrogens is 2. The van der Waals surface area contributed by atoms with Crippen molar-refractivity contribution in [3.05, 3.63) is 17.1 Å². The van der Waals surface area contributed by atoms with Crippen LogP contribution in [0.1, 0.15) is 57.6 Å². The van der Waals surface area contributed by atoms with Gasteiger partial charge in [-0.25, -0.2) is 15.8 Å². The summed E-state index contributed by atoms with van der Waals surface area (Å²) in [5, 5.41) is 0. The van der Waals surface area contributed by atoms with Gasteiger partial charge in [-0.05, 0) is 33.1 Å². The summed E-state index contributed by atoms with van der Waals surface area (Å²) in [5.41, 5.74) is 4.27. The Morgan fingerprint density at radius 1 is 1.16 bits per heavy atom. The van der Waals surface area contributed by atoms with E-state index in [-0.39, 0.29) is 0 Å². The normalized spacial score (nSPS) is 11.7. The maximum Gasteiger partial charge on any atom is 0.162 e. The van der Waals surface area contributed by atoms with Crippen molar-refractivity contribution in [1.29, 1.82) is 0 Å². The largest absolute Gasteiger partial charge is 0.367 e. The number of aryl methyl sites for hydroxylation is 1. The van der Waals surface area contributed by atoms with Gasteiger partial charge in [0.25, 0.3) is 0 Å². The first-order chi connectivity index (χ1) is 9.08. The van der Waals surface area contributed by atoms with Gasteiger partial charge in [-0.2, -0.15) is 0 Å². The molecule has 0 aromatic carbocycles. The van der Waals surface area contributed by atoms with Crippen LogP contribution in [0.25, 0.3) is 0 Å². The molecule has 0 aliphatic carbocycles. The molecule has 1 rings (SSSR count). The van der Waals surface area contributed by atoms with Crippen LogP contribution < -0.4 is 11.3 Å². The van der Waals surface area contributed by atoms with Gasteiger partial charge >= 0.3 is 0 Å².